The summed E-state index contributed by atoms with van der Waals surface area (Å²) in [4.78, 5) is 18.0. The van der Waals surface area contributed by atoms with Gasteiger partial charge in [-0.1, -0.05) is 48.5 Å². The van der Waals surface area contributed by atoms with E-state index >= 15 is 0 Å². The fraction of sp³-hybridized carbons (Fsp3) is 0.100. The van der Waals surface area contributed by atoms with Crippen LogP contribution in [0.25, 0.3) is 10.9 Å². The number of ether oxygens (including phenoxy) is 1. The van der Waals surface area contributed by atoms with Crippen LogP contribution in [0.15, 0.2) is 103 Å². The second kappa shape index (κ2) is 10.2. The Hall–Kier alpha value is -4.89. The van der Waals surface area contributed by atoms with Crippen molar-refractivity contribution >= 4 is 16.8 Å². The molecule has 6 nitrogen and oxygen atoms in total. The Morgan fingerprint density at radius 2 is 1.72 bits per heavy atom. The molecule has 0 aliphatic rings. The van der Waals surface area contributed by atoms with Gasteiger partial charge in [0.15, 0.2) is 0 Å². The van der Waals surface area contributed by atoms with E-state index in [1.807, 2.05) is 89.5 Å². The summed E-state index contributed by atoms with van der Waals surface area (Å²) >= 11 is 0. The number of carbonyl (C=O) groups is 1. The number of nitriles is 1. The zero-order chi connectivity index (χ0) is 24.9. The van der Waals surface area contributed by atoms with Gasteiger partial charge in [-0.3, -0.25) is 9.78 Å². The molecule has 1 atom stereocenters. The Morgan fingerprint density at radius 3 is 2.47 bits per heavy atom. The molecule has 3 aromatic carbocycles. The van der Waals surface area contributed by atoms with Crippen LogP contribution in [0.2, 0.25) is 0 Å². The summed E-state index contributed by atoms with van der Waals surface area (Å²) < 4.78 is 7.56. The SMILES string of the molecule is COc1cccc2c1cc(C(=O)NC(c1ccccc1)c1ccncc1)n2Cc1cccc(C#N)c1. The molecule has 0 saturated carbocycles. The third-order valence-electron chi connectivity index (χ3n) is 6.20. The molecule has 1 unspecified atom stereocenters. The predicted octanol–water partition coefficient (Wildman–Crippen LogP) is 5.48. The van der Waals surface area contributed by atoms with Crippen molar-refractivity contribution in [3.63, 3.8) is 0 Å². The van der Waals surface area contributed by atoms with Crippen LogP contribution in [0.4, 0.5) is 0 Å². The Kier molecular flexibility index (Phi) is 6.46. The molecule has 2 heterocycles. The van der Waals surface area contributed by atoms with Gasteiger partial charge in [0.1, 0.15) is 11.4 Å². The zero-order valence-corrected chi connectivity index (χ0v) is 19.8. The van der Waals surface area contributed by atoms with Gasteiger partial charge in [0, 0.05) is 24.3 Å². The summed E-state index contributed by atoms with van der Waals surface area (Å²) in [5, 5.41) is 13.4. The lowest BCUT2D eigenvalue weighted by molar-refractivity contribution is 0.0934. The molecule has 0 radical (unpaired) electrons. The van der Waals surface area contributed by atoms with Crippen LogP contribution in [-0.2, 0) is 6.54 Å². The Morgan fingerprint density at radius 1 is 0.972 bits per heavy atom. The number of amides is 1. The first-order chi connectivity index (χ1) is 17.7. The molecule has 5 aromatic rings. The quantitative estimate of drug-likeness (QED) is 0.340. The van der Waals surface area contributed by atoms with E-state index in [0.29, 0.717) is 23.6 Å². The minimum absolute atomic E-state index is 0.213. The number of pyridine rings is 1. The summed E-state index contributed by atoms with van der Waals surface area (Å²) in [7, 11) is 1.62. The van der Waals surface area contributed by atoms with Crippen LogP contribution in [0.3, 0.4) is 0 Å². The van der Waals surface area contributed by atoms with Crippen LogP contribution < -0.4 is 10.1 Å². The van der Waals surface area contributed by atoms with E-state index in [-0.39, 0.29) is 11.9 Å². The van der Waals surface area contributed by atoms with Gasteiger partial charge in [-0.15, -0.1) is 0 Å². The van der Waals surface area contributed by atoms with Crippen LogP contribution in [-0.4, -0.2) is 22.6 Å². The molecule has 1 amide bonds. The standard InChI is InChI=1S/C30H24N4O2/c1-36-28-12-6-11-26-25(28)18-27(34(26)20-22-8-5-7-21(17-22)19-31)30(35)33-29(23-9-3-2-4-10-23)24-13-15-32-16-14-24/h2-18,29H,20H2,1H3,(H,33,35). The van der Waals surface area contributed by atoms with E-state index < -0.39 is 0 Å². The third kappa shape index (κ3) is 4.55. The van der Waals surface area contributed by atoms with Crippen molar-refractivity contribution in [3.05, 3.63) is 131 Å². The number of aromatic nitrogens is 2. The van der Waals surface area contributed by atoms with Gasteiger partial charge in [0.05, 0.1) is 30.3 Å². The zero-order valence-electron chi connectivity index (χ0n) is 19.8. The van der Waals surface area contributed by atoms with Crippen LogP contribution in [0.1, 0.15) is 38.8 Å². The lowest BCUT2D eigenvalue weighted by atomic mass is 9.99. The van der Waals surface area contributed by atoms with Gasteiger partial charge >= 0.3 is 0 Å². The average molecular weight is 473 g/mol. The summed E-state index contributed by atoms with van der Waals surface area (Å²) in [6.45, 7) is 0.431. The maximum absolute atomic E-state index is 13.9. The van der Waals surface area contributed by atoms with Crippen LogP contribution in [0, 0.1) is 11.3 Å². The fourth-order valence-corrected chi connectivity index (χ4v) is 4.48. The van der Waals surface area contributed by atoms with Crippen molar-refractivity contribution in [2.24, 2.45) is 0 Å². The van der Waals surface area contributed by atoms with Crippen molar-refractivity contribution < 1.29 is 9.53 Å². The van der Waals surface area contributed by atoms with E-state index in [9.17, 15) is 10.1 Å². The number of rotatable bonds is 7. The minimum atomic E-state index is -0.350. The molecule has 5 rings (SSSR count). The number of carbonyl (C=O) groups excluding carboxylic acids is 1. The molecule has 1 N–H and O–H groups in total. The van der Waals surface area contributed by atoms with Gasteiger partial charge < -0.3 is 14.6 Å². The lowest BCUT2D eigenvalue weighted by Gasteiger charge is -2.20. The molecule has 0 fully saturated rings. The molecular formula is C30H24N4O2. The largest absolute Gasteiger partial charge is 0.496 e. The van der Waals surface area contributed by atoms with Gasteiger partial charge in [-0.25, -0.2) is 0 Å². The van der Waals surface area contributed by atoms with Gasteiger partial charge in [0.2, 0.25) is 0 Å². The van der Waals surface area contributed by atoms with Gasteiger partial charge in [-0.2, -0.15) is 5.26 Å². The number of benzene rings is 3. The monoisotopic (exact) mass is 472 g/mol. The molecule has 176 valence electrons. The lowest BCUT2D eigenvalue weighted by Crippen LogP contribution is -2.31. The highest BCUT2D eigenvalue weighted by Crippen LogP contribution is 2.30. The maximum atomic E-state index is 13.9. The Bertz CT molecular complexity index is 1510. The van der Waals surface area contributed by atoms with Crippen molar-refractivity contribution in [3.8, 4) is 11.8 Å². The second-order valence-electron chi connectivity index (χ2n) is 8.42. The molecule has 0 bridgehead atoms. The number of hydrogen-bond donors (Lipinski definition) is 1. The second-order valence-corrected chi connectivity index (χ2v) is 8.42. The minimum Gasteiger partial charge on any atom is -0.496 e. The first-order valence-corrected chi connectivity index (χ1v) is 11.6. The van der Waals surface area contributed by atoms with Gasteiger partial charge in [0.25, 0.3) is 5.91 Å². The van der Waals surface area contributed by atoms with E-state index in [0.717, 1.165) is 27.6 Å². The summed E-state index contributed by atoms with van der Waals surface area (Å²) in [5.41, 5.74) is 4.80. The summed E-state index contributed by atoms with van der Waals surface area (Å²) in [6, 6.07) is 30.6. The molecule has 6 heteroatoms. The van der Waals surface area contributed by atoms with Crippen molar-refractivity contribution in [1.82, 2.24) is 14.9 Å². The summed E-state index contributed by atoms with van der Waals surface area (Å²) in [6.07, 6.45) is 3.45. The maximum Gasteiger partial charge on any atom is 0.268 e. The highest BCUT2D eigenvalue weighted by Gasteiger charge is 2.22. The van der Waals surface area contributed by atoms with E-state index in [2.05, 4.69) is 16.4 Å². The first-order valence-electron chi connectivity index (χ1n) is 11.6. The number of nitrogens with one attached hydrogen (secondary N) is 1. The van der Waals surface area contributed by atoms with E-state index in [4.69, 9.17) is 4.74 Å². The molecule has 0 saturated heterocycles. The number of fused-ring (bicyclic) bond motifs is 1. The van der Waals surface area contributed by atoms with Crippen molar-refractivity contribution in [1.29, 1.82) is 5.26 Å². The molecule has 0 aliphatic carbocycles. The highest BCUT2D eigenvalue weighted by atomic mass is 16.5. The molecule has 0 aliphatic heterocycles. The Balaban J connectivity index is 1.59. The van der Waals surface area contributed by atoms with Crippen LogP contribution in [0.5, 0.6) is 5.75 Å². The predicted molar refractivity (Wildman–Crippen MR) is 139 cm³/mol. The highest BCUT2D eigenvalue weighted by molar-refractivity contribution is 6.00. The van der Waals surface area contributed by atoms with Crippen molar-refractivity contribution in [2.45, 2.75) is 12.6 Å². The Labute approximate surface area is 209 Å². The van der Waals surface area contributed by atoms with Crippen molar-refractivity contribution in [2.75, 3.05) is 7.11 Å². The van der Waals surface area contributed by atoms with Gasteiger partial charge in [-0.05, 0) is 59.2 Å². The van der Waals surface area contributed by atoms with Crippen LogP contribution >= 0.6 is 0 Å². The first kappa shape index (κ1) is 22.9. The fourth-order valence-electron chi connectivity index (χ4n) is 4.48. The number of methoxy groups -OCH3 is 1. The normalized spacial score (nSPS) is 11.6. The van der Waals surface area contributed by atoms with E-state index in [1.165, 1.54) is 0 Å². The molecule has 2 aromatic heterocycles. The molecule has 36 heavy (non-hydrogen) atoms. The topological polar surface area (TPSA) is 79.9 Å². The third-order valence-corrected chi connectivity index (χ3v) is 6.20. The smallest absolute Gasteiger partial charge is 0.268 e. The molecule has 0 spiro atoms. The molecular weight excluding hydrogens is 448 g/mol. The average Bonchev–Trinajstić information content (AvgIpc) is 3.31. The summed E-state index contributed by atoms with van der Waals surface area (Å²) in [5.74, 6) is 0.482. The number of hydrogen-bond acceptors (Lipinski definition) is 4. The van der Waals surface area contributed by atoms with E-state index in [1.54, 1.807) is 25.6 Å². The number of nitrogens with zero attached hydrogens (tertiary/aromatic N) is 3.